The molecule has 1 nitrogen and oxygen atoms in total. The lowest BCUT2D eigenvalue weighted by Gasteiger charge is -2.05. The van der Waals surface area contributed by atoms with Gasteiger partial charge in [0.2, 0.25) is 0 Å². The van der Waals surface area contributed by atoms with Gasteiger partial charge >= 0.3 is 0 Å². The summed E-state index contributed by atoms with van der Waals surface area (Å²) < 4.78 is 6.87. The summed E-state index contributed by atoms with van der Waals surface area (Å²) in [7, 11) is 0. The lowest BCUT2D eigenvalue weighted by Crippen LogP contribution is -1.97. The molecule has 0 aliphatic heterocycles. The van der Waals surface area contributed by atoms with Crippen molar-refractivity contribution in [3.63, 3.8) is 0 Å². The number of hydrogen-bond acceptors (Lipinski definition) is 1. The highest BCUT2D eigenvalue weighted by Crippen LogP contribution is 2.32. The molecule has 0 saturated heterocycles. The van der Waals surface area contributed by atoms with Crippen LogP contribution in [0.15, 0.2) is 24.3 Å². The van der Waals surface area contributed by atoms with Gasteiger partial charge in [-0.2, -0.15) is 0 Å². The molecule has 1 aromatic carbocycles. The molecule has 1 saturated carbocycles. The number of halogens is 1. The first-order valence-electron chi connectivity index (χ1n) is 4.73. The summed E-state index contributed by atoms with van der Waals surface area (Å²) in [6.07, 6.45) is 4.05. The largest absolute Gasteiger partial charge is 0.494 e. The highest BCUT2D eigenvalue weighted by Gasteiger charge is 2.20. The zero-order chi connectivity index (χ0) is 9.10. The average molecular weight is 288 g/mol. The molecule has 70 valence electrons. The zero-order valence-electron chi connectivity index (χ0n) is 7.50. The van der Waals surface area contributed by atoms with Gasteiger partial charge in [-0.1, -0.05) is 18.9 Å². The molecule has 0 atom stereocenters. The molecule has 0 unspecified atom stereocenters. The average Bonchev–Trinajstić information content (AvgIpc) is 2.88. The second-order valence-corrected chi connectivity index (χ2v) is 4.78. The van der Waals surface area contributed by atoms with Crippen molar-refractivity contribution in [2.75, 3.05) is 6.61 Å². The second kappa shape index (κ2) is 4.31. The predicted molar refractivity (Wildman–Crippen MR) is 62.0 cm³/mol. The molecule has 0 bridgehead atoms. The van der Waals surface area contributed by atoms with E-state index in [1.54, 1.807) is 0 Å². The highest BCUT2D eigenvalue weighted by atomic mass is 127. The minimum absolute atomic E-state index is 0.880. The molecule has 13 heavy (non-hydrogen) atoms. The van der Waals surface area contributed by atoms with Crippen molar-refractivity contribution in [1.82, 2.24) is 0 Å². The van der Waals surface area contributed by atoms with Crippen LogP contribution in [0.25, 0.3) is 0 Å². The molecule has 0 amide bonds. The van der Waals surface area contributed by atoms with Crippen LogP contribution in [0, 0.1) is 9.49 Å². The van der Waals surface area contributed by atoms with Gasteiger partial charge < -0.3 is 4.74 Å². The van der Waals surface area contributed by atoms with E-state index in [1.807, 2.05) is 12.1 Å². The van der Waals surface area contributed by atoms with Crippen molar-refractivity contribution in [1.29, 1.82) is 0 Å². The fourth-order valence-corrected chi connectivity index (χ4v) is 1.82. The molecular weight excluding hydrogens is 275 g/mol. The smallest absolute Gasteiger partial charge is 0.120 e. The molecule has 0 spiro atoms. The van der Waals surface area contributed by atoms with Gasteiger partial charge in [0.25, 0.3) is 0 Å². The van der Waals surface area contributed by atoms with E-state index >= 15 is 0 Å². The Hall–Kier alpha value is -0.250. The predicted octanol–water partition coefficient (Wildman–Crippen LogP) is 3.47. The first-order valence-corrected chi connectivity index (χ1v) is 5.81. The van der Waals surface area contributed by atoms with Gasteiger partial charge in [-0.15, -0.1) is 0 Å². The summed E-state index contributed by atoms with van der Waals surface area (Å²) in [5, 5.41) is 0. The van der Waals surface area contributed by atoms with E-state index in [2.05, 4.69) is 34.7 Å². The molecule has 1 aliphatic rings. The third kappa shape index (κ3) is 3.18. The van der Waals surface area contributed by atoms with Crippen molar-refractivity contribution in [2.24, 2.45) is 5.92 Å². The molecule has 0 aromatic heterocycles. The second-order valence-electron chi connectivity index (χ2n) is 3.54. The minimum Gasteiger partial charge on any atom is -0.494 e. The van der Waals surface area contributed by atoms with Crippen molar-refractivity contribution in [3.05, 3.63) is 27.8 Å². The standard InChI is InChI=1S/C11H13IO/c12-10-2-1-3-11(8-10)13-7-6-9-4-5-9/h1-3,8-9H,4-7H2. The number of benzene rings is 1. The van der Waals surface area contributed by atoms with Gasteiger partial charge in [-0.05, 0) is 53.1 Å². The number of hydrogen-bond donors (Lipinski definition) is 0. The summed E-state index contributed by atoms with van der Waals surface area (Å²) in [5.74, 6) is 1.97. The Morgan fingerprint density at radius 3 is 2.92 bits per heavy atom. The maximum absolute atomic E-state index is 5.63. The SMILES string of the molecule is Ic1cccc(OCCC2CC2)c1. The van der Waals surface area contributed by atoms with Crippen LogP contribution < -0.4 is 4.74 Å². The fourth-order valence-electron chi connectivity index (χ4n) is 1.31. The van der Waals surface area contributed by atoms with Crippen molar-refractivity contribution >= 4 is 22.6 Å². The summed E-state index contributed by atoms with van der Waals surface area (Å²) in [6, 6.07) is 8.21. The first kappa shape index (κ1) is 9.31. The Morgan fingerprint density at radius 1 is 1.38 bits per heavy atom. The molecule has 2 heteroatoms. The van der Waals surface area contributed by atoms with Crippen LogP contribution in [0.4, 0.5) is 0 Å². The van der Waals surface area contributed by atoms with E-state index in [0.29, 0.717) is 0 Å². The lowest BCUT2D eigenvalue weighted by molar-refractivity contribution is 0.302. The van der Waals surface area contributed by atoms with Gasteiger partial charge in [0.05, 0.1) is 6.61 Å². The summed E-state index contributed by atoms with van der Waals surface area (Å²) >= 11 is 2.30. The normalized spacial score (nSPS) is 15.8. The van der Waals surface area contributed by atoms with Crippen LogP contribution >= 0.6 is 22.6 Å². The molecular formula is C11H13IO. The molecule has 1 aliphatic carbocycles. The van der Waals surface area contributed by atoms with E-state index in [4.69, 9.17) is 4.74 Å². The van der Waals surface area contributed by atoms with Crippen LogP contribution in [0.1, 0.15) is 19.3 Å². The van der Waals surface area contributed by atoms with E-state index in [-0.39, 0.29) is 0 Å². The van der Waals surface area contributed by atoms with Gasteiger partial charge in [0, 0.05) is 3.57 Å². The molecule has 0 heterocycles. The van der Waals surface area contributed by atoms with Crippen LogP contribution in [-0.2, 0) is 0 Å². The number of ether oxygens (including phenoxy) is 1. The maximum Gasteiger partial charge on any atom is 0.120 e. The molecule has 1 aromatic rings. The lowest BCUT2D eigenvalue weighted by atomic mass is 10.3. The quantitative estimate of drug-likeness (QED) is 0.771. The fraction of sp³-hybridized carbons (Fsp3) is 0.455. The van der Waals surface area contributed by atoms with Crippen LogP contribution in [0.5, 0.6) is 5.75 Å². The molecule has 2 rings (SSSR count). The van der Waals surface area contributed by atoms with Gasteiger partial charge in [0.15, 0.2) is 0 Å². The minimum atomic E-state index is 0.880. The van der Waals surface area contributed by atoms with Crippen molar-refractivity contribution < 1.29 is 4.74 Å². The topological polar surface area (TPSA) is 9.23 Å². The first-order chi connectivity index (χ1) is 6.34. The summed E-state index contributed by atoms with van der Waals surface area (Å²) in [6.45, 7) is 0.880. The van der Waals surface area contributed by atoms with Gasteiger partial charge in [0.1, 0.15) is 5.75 Å². The van der Waals surface area contributed by atoms with Gasteiger partial charge in [-0.3, -0.25) is 0 Å². The monoisotopic (exact) mass is 288 g/mol. The van der Waals surface area contributed by atoms with E-state index in [0.717, 1.165) is 18.3 Å². The van der Waals surface area contributed by atoms with E-state index in [1.165, 1.54) is 22.8 Å². The molecule has 1 fully saturated rings. The Labute approximate surface area is 92.6 Å². The van der Waals surface area contributed by atoms with Crippen LogP contribution in [0.3, 0.4) is 0 Å². The van der Waals surface area contributed by atoms with Gasteiger partial charge in [-0.25, -0.2) is 0 Å². The molecule has 0 radical (unpaired) electrons. The Morgan fingerprint density at radius 2 is 2.23 bits per heavy atom. The van der Waals surface area contributed by atoms with Crippen LogP contribution in [-0.4, -0.2) is 6.61 Å². The van der Waals surface area contributed by atoms with Crippen molar-refractivity contribution in [3.8, 4) is 5.75 Å². The van der Waals surface area contributed by atoms with E-state index < -0.39 is 0 Å². The summed E-state index contributed by atoms with van der Waals surface area (Å²) in [5.41, 5.74) is 0. The Kier molecular flexibility index (Phi) is 3.09. The third-order valence-electron chi connectivity index (χ3n) is 2.29. The van der Waals surface area contributed by atoms with Crippen LogP contribution in [0.2, 0.25) is 0 Å². The highest BCUT2D eigenvalue weighted by molar-refractivity contribution is 14.1. The summed E-state index contributed by atoms with van der Waals surface area (Å²) in [4.78, 5) is 0. The molecule has 0 N–H and O–H groups in total. The Balaban J connectivity index is 1.79. The number of rotatable bonds is 4. The van der Waals surface area contributed by atoms with E-state index in [9.17, 15) is 0 Å². The Bertz CT molecular complexity index is 281. The maximum atomic E-state index is 5.63. The van der Waals surface area contributed by atoms with Crippen molar-refractivity contribution in [2.45, 2.75) is 19.3 Å². The third-order valence-corrected chi connectivity index (χ3v) is 2.96. The zero-order valence-corrected chi connectivity index (χ0v) is 9.66.